The van der Waals surface area contributed by atoms with Crippen molar-refractivity contribution in [2.75, 3.05) is 12.0 Å². The van der Waals surface area contributed by atoms with Gasteiger partial charge in [0.15, 0.2) is 0 Å². The van der Waals surface area contributed by atoms with E-state index in [1.54, 1.807) is 18.1 Å². The average Bonchev–Trinajstić information content (AvgIpc) is 2.78. The summed E-state index contributed by atoms with van der Waals surface area (Å²) in [4.78, 5) is 14.5. The summed E-state index contributed by atoms with van der Waals surface area (Å²) in [5, 5.41) is 0. The van der Waals surface area contributed by atoms with Crippen LogP contribution >= 0.6 is 0 Å². The first-order valence-electron chi connectivity index (χ1n) is 8.47. The molecule has 4 heteroatoms. The lowest BCUT2D eigenvalue weighted by atomic mass is 9.98. The Labute approximate surface area is 151 Å². The van der Waals surface area contributed by atoms with Crippen molar-refractivity contribution in [2.24, 2.45) is 0 Å². The lowest BCUT2D eigenvalue weighted by Gasteiger charge is -2.24. The lowest BCUT2D eigenvalue weighted by molar-refractivity contribution is -0.118. The maximum absolute atomic E-state index is 14.8. The first kappa shape index (κ1) is 16.3. The number of para-hydroxylation sites is 1. The number of anilines is 1. The zero-order valence-electron chi connectivity index (χ0n) is 14.4. The number of methoxy groups -OCH3 is 1. The van der Waals surface area contributed by atoms with Crippen LogP contribution in [0.25, 0.3) is 11.1 Å². The third-order valence-electron chi connectivity index (χ3n) is 4.71. The fraction of sp³-hybridized carbons (Fsp3) is 0.136. The van der Waals surface area contributed by atoms with Crippen molar-refractivity contribution in [3.05, 3.63) is 83.7 Å². The van der Waals surface area contributed by atoms with Crippen LogP contribution in [0.5, 0.6) is 5.75 Å². The van der Waals surface area contributed by atoms with Gasteiger partial charge in [0.25, 0.3) is 0 Å². The van der Waals surface area contributed by atoms with E-state index in [1.807, 2.05) is 54.6 Å². The molecule has 0 saturated carbocycles. The number of halogens is 1. The Balaban J connectivity index is 1.81. The molecule has 0 spiro atoms. The number of rotatable bonds is 3. The summed E-state index contributed by atoms with van der Waals surface area (Å²) < 4.78 is 20.0. The van der Waals surface area contributed by atoms with Gasteiger partial charge >= 0.3 is 0 Å². The molecule has 1 amide bonds. The standard InChI is InChI=1S/C22H18FNO2/c1-26-17-11-9-15(10-12-17)14-24-21(25)13-16-5-2-3-6-18(16)19-7-4-8-20(23)22(19)24/h2-12H,13-14H2,1H3. The minimum Gasteiger partial charge on any atom is -0.497 e. The molecule has 1 aliphatic rings. The van der Waals surface area contributed by atoms with Crippen molar-refractivity contribution in [3.63, 3.8) is 0 Å². The summed E-state index contributed by atoms with van der Waals surface area (Å²) in [6, 6.07) is 20.1. The molecule has 3 nitrogen and oxygen atoms in total. The molecule has 0 bridgehead atoms. The highest BCUT2D eigenvalue weighted by atomic mass is 19.1. The molecule has 0 unspecified atom stereocenters. The molecule has 1 aliphatic heterocycles. The molecular formula is C22H18FNO2. The maximum Gasteiger partial charge on any atom is 0.231 e. The number of hydrogen-bond acceptors (Lipinski definition) is 2. The van der Waals surface area contributed by atoms with Gasteiger partial charge in [-0.25, -0.2) is 4.39 Å². The van der Waals surface area contributed by atoms with E-state index in [9.17, 15) is 9.18 Å². The summed E-state index contributed by atoms with van der Waals surface area (Å²) in [6.07, 6.45) is 0.250. The number of nitrogens with zero attached hydrogens (tertiary/aromatic N) is 1. The first-order chi connectivity index (χ1) is 12.7. The Kier molecular flexibility index (Phi) is 4.17. The van der Waals surface area contributed by atoms with Gasteiger partial charge in [0.05, 0.1) is 25.8 Å². The quantitative estimate of drug-likeness (QED) is 0.693. The van der Waals surface area contributed by atoms with Crippen LogP contribution in [0, 0.1) is 5.82 Å². The fourth-order valence-corrected chi connectivity index (χ4v) is 3.41. The van der Waals surface area contributed by atoms with Crippen LogP contribution in [0.4, 0.5) is 10.1 Å². The van der Waals surface area contributed by atoms with Crippen LogP contribution in [0.2, 0.25) is 0 Å². The Bertz CT molecular complexity index is 966. The number of fused-ring (bicyclic) bond motifs is 3. The van der Waals surface area contributed by atoms with Gasteiger partial charge in [-0.05, 0) is 34.9 Å². The van der Waals surface area contributed by atoms with Gasteiger partial charge in [-0.1, -0.05) is 48.5 Å². The van der Waals surface area contributed by atoms with Gasteiger partial charge in [-0.15, -0.1) is 0 Å². The van der Waals surface area contributed by atoms with E-state index in [-0.39, 0.29) is 18.1 Å². The van der Waals surface area contributed by atoms with Crippen LogP contribution in [-0.4, -0.2) is 13.0 Å². The van der Waals surface area contributed by atoms with Gasteiger partial charge < -0.3 is 9.64 Å². The highest BCUT2D eigenvalue weighted by molar-refractivity contribution is 6.02. The molecule has 130 valence electrons. The molecule has 3 aromatic rings. The second kappa shape index (κ2) is 6.64. The Morgan fingerprint density at radius 2 is 1.69 bits per heavy atom. The van der Waals surface area contributed by atoms with Crippen LogP contribution in [0.1, 0.15) is 11.1 Å². The predicted octanol–water partition coefficient (Wildman–Crippen LogP) is 4.59. The Morgan fingerprint density at radius 1 is 0.962 bits per heavy atom. The van der Waals surface area contributed by atoms with E-state index < -0.39 is 0 Å². The summed E-state index contributed by atoms with van der Waals surface area (Å²) in [5.41, 5.74) is 3.84. The Morgan fingerprint density at radius 3 is 2.46 bits per heavy atom. The van der Waals surface area contributed by atoms with Gasteiger partial charge in [0.2, 0.25) is 5.91 Å². The molecule has 0 atom stereocenters. The number of carbonyl (C=O) groups is 1. The van der Waals surface area contributed by atoms with Crippen molar-refractivity contribution in [1.82, 2.24) is 0 Å². The molecule has 0 fully saturated rings. The SMILES string of the molecule is COc1ccc(CN2C(=O)Cc3ccccc3-c3cccc(F)c32)cc1. The van der Waals surface area contributed by atoms with Crippen molar-refractivity contribution in [3.8, 4) is 16.9 Å². The smallest absolute Gasteiger partial charge is 0.231 e. The van der Waals surface area contributed by atoms with Crippen LogP contribution < -0.4 is 9.64 Å². The summed E-state index contributed by atoms with van der Waals surface area (Å²) in [5.74, 6) is 0.244. The summed E-state index contributed by atoms with van der Waals surface area (Å²) >= 11 is 0. The number of ether oxygens (including phenoxy) is 1. The van der Waals surface area contributed by atoms with Crippen molar-refractivity contribution in [1.29, 1.82) is 0 Å². The average molecular weight is 347 g/mol. The summed E-state index contributed by atoms with van der Waals surface area (Å²) in [7, 11) is 1.61. The molecule has 0 aliphatic carbocycles. The van der Waals surface area contributed by atoms with Crippen LogP contribution in [-0.2, 0) is 17.8 Å². The number of hydrogen-bond donors (Lipinski definition) is 0. The van der Waals surface area contributed by atoms with Gasteiger partial charge in [0, 0.05) is 5.56 Å². The molecule has 0 N–H and O–H groups in total. The summed E-state index contributed by atoms with van der Waals surface area (Å²) in [6.45, 7) is 0.310. The minimum absolute atomic E-state index is 0.114. The van der Waals surface area contributed by atoms with E-state index in [0.29, 0.717) is 12.2 Å². The van der Waals surface area contributed by atoms with E-state index in [1.165, 1.54) is 6.07 Å². The number of amides is 1. The second-order valence-electron chi connectivity index (χ2n) is 6.30. The largest absolute Gasteiger partial charge is 0.497 e. The monoisotopic (exact) mass is 347 g/mol. The molecule has 0 radical (unpaired) electrons. The predicted molar refractivity (Wildman–Crippen MR) is 99.7 cm³/mol. The number of benzene rings is 3. The Hall–Kier alpha value is -3.14. The van der Waals surface area contributed by atoms with Gasteiger partial charge in [-0.3, -0.25) is 4.79 Å². The second-order valence-corrected chi connectivity index (χ2v) is 6.30. The third-order valence-corrected chi connectivity index (χ3v) is 4.71. The highest BCUT2D eigenvalue weighted by Gasteiger charge is 2.28. The third kappa shape index (κ3) is 2.84. The fourth-order valence-electron chi connectivity index (χ4n) is 3.41. The molecule has 26 heavy (non-hydrogen) atoms. The van der Waals surface area contributed by atoms with Crippen molar-refractivity contribution < 1.29 is 13.9 Å². The van der Waals surface area contributed by atoms with Gasteiger partial charge in [-0.2, -0.15) is 0 Å². The molecule has 0 saturated heterocycles. The lowest BCUT2D eigenvalue weighted by Crippen LogP contribution is -2.31. The van der Waals surface area contributed by atoms with E-state index in [2.05, 4.69) is 0 Å². The van der Waals surface area contributed by atoms with E-state index in [0.717, 1.165) is 28.0 Å². The molecule has 0 aromatic heterocycles. The van der Waals surface area contributed by atoms with Crippen molar-refractivity contribution in [2.45, 2.75) is 13.0 Å². The van der Waals surface area contributed by atoms with Crippen LogP contribution in [0.15, 0.2) is 66.7 Å². The minimum atomic E-state index is -0.388. The normalized spacial score (nSPS) is 13.0. The zero-order chi connectivity index (χ0) is 18.1. The number of carbonyl (C=O) groups excluding carboxylic acids is 1. The maximum atomic E-state index is 14.8. The van der Waals surface area contributed by atoms with Crippen LogP contribution in [0.3, 0.4) is 0 Å². The van der Waals surface area contributed by atoms with E-state index in [4.69, 9.17) is 4.74 Å². The molecule has 3 aromatic carbocycles. The zero-order valence-corrected chi connectivity index (χ0v) is 14.4. The molecule has 4 rings (SSSR count). The van der Waals surface area contributed by atoms with Gasteiger partial charge in [0.1, 0.15) is 11.6 Å². The molecular weight excluding hydrogens is 329 g/mol. The van der Waals surface area contributed by atoms with Crippen molar-refractivity contribution >= 4 is 11.6 Å². The topological polar surface area (TPSA) is 29.5 Å². The molecule has 1 heterocycles. The van der Waals surface area contributed by atoms with E-state index >= 15 is 0 Å². The highest BCUT2D eigenvalue weighted by Crippen LogP contribution is 2.39. The first-order valence-corrected chi connectivity index (χ1v) is 8.47.